The number of rotatable bonds is 9. The Bertz CT molecular complexity index is 964. The number of nitrogens with one attached hydrogen (secondary N) is 1. The Morgan fingerprint density at radius 1 is 0.967 bits per heavy atom. The number of anilines is 1. The number of fused-ring (bicyclic) bond motifs is 1. The minimum atomic E-state index is -1.61. The number of para-hydroxylation sites is 1. The second-order valence-corrected chi connectivity index (χ2v) is 14.2. The monoisotopic (exact) mass is 418 g/mol. The van der Waals surface area contributed by atoms with Gasteiger partial charge in [-0.15, -0.1) is 0 Å². The lowest BCUT2D eigenvalue weighted by Crippen LogP contribution is -2.43. The molecular formula is C26H34N2OSi. The molecule has 1 heterocycles. The van der Waals surface area contributed by atoms with Crippen molar-refractivity contribution in [3.05, 3.63) is 66.9 Å². The zero-order chi connectivity index (χ0) is 21.6. The summed E-state index contributed by atoms with van der Waals surface area (Å²) in [5.74, 6) is 1.15. The first-order valence-electron chi connectivity index (χ1n) is 11.0. The Balaban J connectivity index is 1.73. The lowest BCUT2D eigenvalue weighted by molar-refractivity contribution is -0.117. The van der Waals surface area contributed by atoms with E-state index in [1.807, 2.05) is 30.3 Å². The van der Waals surface area contributed by atoms with Crippen LogP contribution in [0.3, 0.4) is 0 Å². The van der Waals surface area contributed by atoms with Crippen LogP contribution in [0.5, 0.6) is 0 Å². The molecule has 1 atom stereocenters. The van der Waals surface area contributed by atoms with Crippen molar-refractivity contribution in [2.24, 2.45) is 11.8 Å². The number of carbonyl (C=O) groups is 1. The van der Waals surface area contributed by atoms with Gasteiger partial charge in [0.2, 0.25) is 5.91 Å². The summed E-state index contributed by atoms with van der Waals surface area (Å²) >= 11 is 0. The molecule has 0 fully saturated rings. The summed E-state index contributed by atoms with van der Waals surface area (Å²) in [4.78, 5) is 17.5. The predicted molar refractivity (Wildman–Crippen MR) is 131 cm³/mol. The van der Waals surface area contributed by atoms with Crippen LogP contribution in [0.15, 0.2) is 66.9 Å². The second kappa shape index (κ2) is 10.0. The van der Waals surface area contributed by atoms with Gasteiger partial charge in [0.25, 0.3) is 0 Å². The number of benzene rings is 2. The number of aromatic nitrogens is 1. The number of hydrogen-bond donors (Lipinski definition) is 1. The lowest BCUT2D eigenvalue weighted by Gasteiger charge is -2.29. The van der Waals surface area contributed by atoms with Gasteiger partial charge >= 0.3 is 0 Å². The molecule has 0 radical (unpaired) electrons. The van der Waals surface area contributed by atoms with Crippen LogP contribution in [0.2, 0.25) is 19.1 Å². The van der Waals surface area contributed by atoms with Gasteiger partial charge in [-0.2, -0.15) is 0 Å². The van der Waals surface area contributed by atoms with Crippen molar-refractivity contribution >= 4 is 35.8 Å². The van der Waals surface area contributed by atoms with Crippen molar-refractivity contribution in [3.63, 3.8) is 0 Å². The number of nitrogens with zero attached hydrogens (tertiary/aromatic N) is 1. The van der Waals surface area contributed by atoms with E-state index >= 15 is 0 Å². The lowest BCUT2D eigenvalue weighted by atomic mass is 9.96. The van der Waals surface area contributed by atoms with Crippen molar-refractivity contribution in [2.45, 2.75) is 52.2 Å². The molecule has 0 aliphatic heterocycles. The summed E-state index contributed by atoms with van der Waals surface area (Å²) in [6.45, 7) is 9.38. The Labute approximate surface area is 181 Å². The van der Waals surface area contributed by atoms with Crippen LogP contribution in [-0.2, 0) is 4.79 Å². The maximum Gasteiger partial charge on any atom is 0.224 e. The van der Waals surface area contributed by atoms with E-state index in [-0.39, 0.29) is 5.91 Å². The van der Waals surface area contributed by atoms with Gasteiger partial charge in [0.1, 0.15) is 0 Å². The molecule has 0 aliphatic carbocycles. The van der Waals surface area contributed by atoms with Crippen molar-refractivity contribution in [2.75, 3.05) is 5.32 Å². The molecule has 1 unspecified atom stereocenters. The fourth-order valence-electron chi connectivity index (χ4n) is 4.24. The topological polar surface area (TPSA) is 42.0 Å². The molecule has 30 heavy (non-hydrogen) atoms. The Kier molecular flexibility index (Phi) is 7.43. The van der Waals surface area contributed by atoms with Crippen LogP contribution in [0.25, 0.3) is 10.9 Å². The molecule has 0 saturated carbocycles. The highest BCUT2D eigenvalue weighted by Gasteiger charge is 2.28. The van der Waals surface area contributed by atoms with Crippen LogP contribution >= 0.6 is 0 Å². The molecule has 0 bridgehead atoms. The van der Waals surface area contributed by atoms with E-state index in [9.17, 15) is 4.79 Å². The molecule has 1 amide bonds. The average molecular weight is 419 g/mol. The predicted octanol–water partition coefficient (Wildman–Crippen LogP) is 6.23. The second-order valence-electron chi connectivity index (χ2n) is 9.42. The maximum atomic E-state index is 13.0. The van der Waals surface area contributed by atoms with E-state index in [0.29, 0.717) is 18.3 Å². The number of pyridine rings is 1. The van der Waals surface area contributed by atoms with Crippen molar-refractivity contribution in [3.8, 4) is 0 Å². The van der Waals surface area contributed by atoms with Crippen LogP contribution in [0.4, 0.5) is 5.69 Å². The molecule has 2 aromatic carbocycles. The van der Waals surface area contributed by atoms with Gasteiger partial charge in [0.15, 0.2) is 0 Å². The first-order valence-corrected chi connectivity index (χ1v) is 14.2. The SMILES string of the molecule is CC(C)CCC(CC(=O)Nc1cccc2cccnc12)C[Si](C)(C)c1ccccc1. The molecule has 0 aliphatic rings. The van der Waals surface area contributed by atoms with E-state index < -0.39 is 8.07 Å². The molecule has 0 saturated heterocycles. The van der Waals surface area contributed by atoms with Gasteiger partial charge in [0, 0.05) is 18.0 Å². The number of carbonyl (C=O) groups excluding carboxylic acids is 1. The van der Waals surface area contributed by atoms with Gasteiger partial charge in [0.05, 0.1) is 19.3 Å². The molecular weight excluding hydrogens is 384 g/mol. The molecule has 3 rings (SSSR count). The van der Waals surface area contributed by atoms with Crippen LogP contribution in [-0.4, -0.2) is 19.0 Å². The Hall–Kier alpha value is -2.46. The standard InChI is InChI=1S/C26H34N2OSi/c1-20(2)15-16-21(19-30(3,4)23-12-6-5-7-13-23)18-25(29)28-24-14-8-10-22-11-9-17-27-26(22)24/h5-14,17,20-21H,15-16,18-19H2,1-4H3,(H,28,29). The zero-order valence-corrected chi connectivity index (χ0v) is 19.7. The quantitative estimate of drug-likeness (QED) is 0.418. The first-order chi connectivity index (χ1) is 14.3. The molecule has 0 spiro atoms. The summed E-state index contributed by atoms with van der Waals surface area (Å²) in [5, 5.41) is 5.66. The smallest absolute Gasteiger partial charge is 0.224 e. The highest BCUT2D eigenvalue weighted by Crippen LogP contribution is 2.27. The van der Waals surface area contributed by atoms with Crippen molar-refractivity contribution in [1.82, 2.24) is 4.98 Å². The van der Waals surface area contributed by atoms with Gasteiger partial charge < -0.3 is 5.32 Å². The van der Waals surface area contributed by atoms with Gasteiger partial charge in [-0.05, 0) is 30.4 Å². The van der Waals surface area contributed by atoms with E-state index in [0.717, 1.165) is 35.5 Å². The third kappa shape index (κ3) is 6.02. The molecule has 158 valence electrons. The summed E-state index contributed by atoms with van der Waals surface area (Å²) < 4.78 is 0. The summed E-state index contributed by atoms with van der Waals surface area (Å²) in [5.41, 5.74) is 1.66. The van der Waals surface area contributed by atoms with Crippen LogP contribution in [0.1, 0.15) is 33.1 Å². The molecule has 1 aromatic heterocycles. The Morgan fingerprint density at radius 3 is 2.43 bits per heavy atom. The average Bonchev–Trinajstić information content (AvgIpc) is 2.73. The largest absolute Gasteiger partial charge is 0.324 e. The highest BCUT2D eigenvalue weighted by atomic mass is 28.3. The van der Waals surface area contributed by atoms with Crippen LogP contribution < -0.4 is 10.5 Å². The summed E-state index contributed by atoms with van der Waals surface area (Å²) in [6.07, 6.45) is 4.60. The van der Waals surface area contributed by atoms with E-state index in [2.05, 4.69) is 67.6 Å². The fourth-order valence-corrected chi connectivity index (χ4v) is 7.37. The maximum absolute atomic E-state index is 13.0. The van der Waals surface area contributed by atoms with E-state index in [1.54, 1.807) is 6.20 Å². The summed E-state index contributed by atoms with van der Waals surface area (Å²) in [7, 11) is -1.61. The molecule has 4 heteroatoms. The van der Waals surface area contributed by atoms with E-state index in [4.69, 9.17) is 0 Å². The highest BCUT2D eigenvalue weighted by molar-refractivity contribution is 6.89. The van der Waals surface area contributed by atoms with Crippen molar-refractivity contribution in [1.29, 1.82) is 0 Å². The van der Waals surface area contributed by atoms with Gasteiger partial charge in [-0.3, -0.25) is 9.78 Å². The fraction of sp³-hybridized carbons (Fsp3) is 0.385. The molecule has 3 aromatic rings. The van der Waals surface area contributed by atoms with Crippen molar-refractivity contribution < 1.29 is 4.79 Å². The Morgan fingerprint density at radius 2 is 1.70 bits per heavy atom. The van der Waals surface area contributed by atoms with Gasteiger partial charge in [-0.1, -0.05) is 93.1 Å². The first kappa shape index (κ1) is 22.2. The third-order valence-corrected chi connectivity index (χ3v) is 9.38. The van der Waals surface area contributed by atoms with E-state index in [1.165, 1.54) is 5.19 Å². The van der Waals surface area contributed by atoms with Gasteiger partial charge in [-0.25, -0.2) is 0 Å². The minimum Gasteiger partial charge on any atom is -0.324 e. The molecule has 3 nitrogen and oxygen atoms in total. The number of hydrogen-bond acceptors (Lipinski definition) is 2. The minimum absolute atomic E-state index is 0.0970. The zero-order valence-electron chi connectivity index (χ0n) is 18.7. The molecule has 1 N–H and O–H groups in total. The number of amides is 1. The normalized spacial score (nSPS) is 12.8. The van der Waals surface area contributed by atoms with Crippen LogP contribution in [0, 0.1) is 11.8 Å². The third-order valence-electron chi connectivity index (χ3n) is 5.89. The summed E-state index contributed by atoms with van der Waals surface area (Å²) in [6, 6.07) is 21.9.